The molecule has 1 saturated heterocycles. The Morgan fingerprint density at radius 3 is 2.36 bits per heavy atom. The summed E-state index contributed by atoms with van der Waals surface area (Å²) in [5.41, 5.74) is 0. The van der Waals surface area contributed by atoms with Gasteiger partial charge < -0.3 is 15.1 Å². The summed E-state index contributed by atoms with van der Waals surface area (Å²) < 4.78 is 0. The highest BCUT2D eigenvalue weighted by molar-refractivity contribution is 5.87. The molecule has 1 aromatic heterocycles. The van der Waals surface area contributed by atoms with Gasteiger partial charge in [0.25, 0.3) is 0 Å². The first-order valence-corrected chi connectivity index (χ1v) is 7.56. The molecule has 2 rings (SSSR count). The summed E-state index contributed by atoms with van der Waals surface area (Å²) in [6, 6.07) is -0.458. The first-order valence-electron chi connectivity index (χ1n) is 7.56. The molecule has 1 aliphatic rings. The Hall–Kier alpha value is -2.18. The summed E-state index contributed by atoms with van der Waals surface area (Å²) in [5.74, 6) is 0.709. The van der Waals surface area contributed by atoms with Crippen molar-refractivity contribution in [1.29, 1.82) is 0 Å². The van der Waals surface area contributed by atoms with Gasteiger partial charge in [-0.15, -0.1) is 0 Å². The van der Waals surface area contributed by atoms with Crippen LogP contribution in [0.1, 0.15) is 20.8 Å². The summed E-state index contributed by atoms with van der Waals surface area (Å²) in [7, 11) is 0. The second-order valence-corrected chi connectivity index (χ2v) is 5.80. The molecule has 2 heterocycles. The third-order valence-corrected chi connectivity index (χ3v) is 3.76. The molecule has 0 aromatic carbocycles. The van der Waals surface area contributed by atoms with Gasteiger partial charge in [0.05, 0.1) is 6.20 Å². The van der Waals surface area contributed by atoms with E-state index < -0.39 is 6.04 Å². The monoisotopic (exact) mass is 305 g/mol. The minimum atomic E-state index is -0.458. The number of amides is 2. The molecule has 0 aliphatic carbocycles. The zero-order valence-corrected chi connectivity index (χ0v) is 13.3. The van der Waals surface area contributed by atoms with Crippen LogP contribution in [0, 0.1) is 5.92 Å². The van der Waals surface area contributed by atoms with E-state index in [-0.39, 0.29) is 17.7 Å². The number of carbonyl (C=O) groups is 2. The standard InChI is InChI=1S/C15H23N5O2/c1-11(2)14(18-12(3)21)15(22)20-8-6-19(7-9-20)13-10-16-4-5-17-13/h4-5,10-11,14H,6-9H2,1-3H3,(H,18,21)/t14-/m1/s1. The van der Waals surface area contributed by atoms with Crippen molar-refractivity contribution in [3.63, 3.8) is 0 Å². The van der Waals surface area contributed by atoms with Crippen LogP contribution in [0.5, 0.6) is 0 Å². The lowest BCUT2D eigenvalue weighted by Gasteiger charge is -2.37. The third-order valence-electron chi connectivity index (χ3n) is 3.76. The largest absolute Gasteiger partial charge is 0.352 e. The lowest BCUT2D eigenvalue weighted by Crippen LogP contribution is -2.56. The molecular formula is C15H23N5O2. The topological polar surface area (TPSA) is 78.4 Å². The van der Waals surface area contributed by atoms with Crippen molar-refractivity contribution in [2.24, 2.45) is 5.92 Å². The van der Waals surface area contributed by atoms with Crippen LogP contribution in [-0.4, -0.2) is 58.9 Å². The average Bonchev–Trinajstić information content (AvgIpc) is 2.52. The van der Waals surface area contributed by atoms with Gasteiger partial charge in [-0.2, -0.15) is 0 Å². The van der Waals surface area contributed by atoms with E-state index in [2.05, 4.69) is 20.2 Å². The van der Waals surface area contributed by atoms with Gasteiger partial charge in [-0.1, -0.05) is 13.8 Å². The Bertz CT molecular complexity index is 512. The molecule has 2 amide bonds. The fourth-order valence-electron chi connectivity index (χ4n) is 2.54. The summed E-state index contributed by atoms with van der Waals surface area (Å²) in [5, 5.41) is 2.75. The molecule has 7 nitrogen and oxygen atoms in total. The maximum absolute atomic E-state index is 12.6. The number of nitrogens with zero attached hydrogens (tertiary/aromatic N) is 4. The molecule has 1 aromatic rings. The lowest BCUT2D eigenvalue weighted by atomic mass is 10.0. The second-order valence-electron chi connectivity index (χ2n) is 5.80. The fraction of sp³-hybridized carbons (Fsp3) is 0.600. The fourth-order valence-corrected chi connectivity index (χ4v) is 2.54. The molecule has 0 bridgehead atoms. The molecule has 0 spiro atoms. The van der Waals surface area contributed by atoms with Crippen LogP contribution in [-0.2, 0) is 9.59 Å². The van der Waals surface area contributed by atoms with Crippen molar-refractivity contribution >= 4 is 17.6 Å². The first-order chi connectivity index (χ1) is 10.5. The molecule has 7 heteroatoms. The Morgan fingerprint density at radius 2 is 1.86 bits per heavy atom. The van der Waals surface area contributed by atoms with Crippen molar-refractivity contribution in [2.45, 2.75) is 26.8 Å². The van der Waals surface area contributed by atoms with E-state index in [0.29, 0.717) is 13.1 Å². The highest BCUT2D eigenvalue weighted by Gasteiger charge is 2.30. The van der Waals surface area contributed by atoms with Crippen molar-refractivity contribution in [3.05, 3.63) is 18.6 Å². The summed E-state index contributed by atoms with van der Waals surface area (Å²) in [6.07, 6.45) is 5.04. The van der Waals surface area contributed by atoms with Crippen LogP contribution >= 0.6 is 0 Å². The minimum absolute atomic E-state index is 0.0102. The predicted octanol–water partition coefficient (Wildman–Crippen LogP) is 0.286. The normalized spacial score (nSPS) is 16.5. The van der Waals surface area contributed by atoms with Crippen LogP contribution < -0.4 is 10.2 Å². The smallest absolute Gasteiger partial charge is 0.245 e. The van der Waals surface area contributed by atoms with E-state index in [4.69, 9.17) is 0 Å². The highest BCUT2D eigenvalue weighted by atomic mass is 16.2. The van der Waals surface area contributed by atoms with Gasteiger partial charge in [-0.05, 0) is 5.92 Å². The van der Waals surface area contributed by atoms with Gasteiger partial charge in [0.1, 0.15) is 11.9 Å². The molecular weight excluding hydrogens is 282 g/mol. The number of carbonyl (C=O) groups excluding carboxylic acids is 2. The van der Waals surface area contributed by atoms with Crippen molar-refractivity contribution in [2.75, 3.05) is 31.1 Å². The van der Waals surface area contributed by atoms with Crippen LogP contribution in [0.15, 0.2) is 18.6 Å². The maximum Gasteiger partial charge on any atom is 0.245 e. The predicted molar refractivity (Wildman–Crippen MR) is 83.3 cm³/mol. The van der Waals surface area contributed by atoms with Gasteiger partial charge in [-0.25, -0.2) is 4.98 Å². The van der Waals surface area contributed by atoms with Gasteiger partial charge in [0, 0.05) is 45.5 Å². The Balaban J connectivity index is 1.95. The van der Waals surface area contributed by atoms with Gasteiger partial charge in [0.15, 0.2) is 0 Å². The molecule has 1 fully saturated rings. The highest BCUT2D eigenvalue weighted by Crippen LogP contribution is 2.14. The Morgan fingerprint density at radius 1 is 1.18 bits per heavy atom. The van der Waals surface area contributed by atoms with E-state index in [1.165, 1.54) is 6.92 Å². The second kappa shape index (κ2) is 7.20. The minimum Gasteiger partial charge on any atom is -0.352 e. The molecule has 120 valence electrons. The zero-order chi connectivity index (χ0) is 16.1. The SMILES string of the molecule is CC(=O)N[C@@H](C(=O)N1CCN(c2cnccn2)CC1)C(C)C. The molecule has 0 saturated carbocycles. The first kappa shape index (κ1) is 16.2. The maximum atomic E-state index is 12.6. The number of hydrogen-bond donors (Lipinski definition) is 1. The van der Waals surface area contributed by atoms with Crippen LogP contribution in [0.2, 0.25) is 0 Å². The number of anilines is 1. The molecule has 0 radical (unpaired) electrons. The molecule has 1 atom stereocenters. The van der Waals surface area contributed by atoms with E-state index >= 15 is 0 Å². The van der Waals surface area contributed by atoms with Gasteiger partial charge in [0.2, 0.25) is 11.8 Å². The van der Waals surface area contributed by atoms with E-state index in [0.717, 1.165) is 18.9 Å². The molecule has 22 heavy (non-hydrogen) atoms. The zero-order valence-electron chi connectivity index (χ0n) is 13.3. The third kappa shape index (κ3) is 3.93. The van der Waals surface area contributed by atoms with Crippen LogP contribution in [0.25, 0.3) is 0 Å². The molecule has 1 aliphatic heterocycles. The van der Waals surface area contributed by atoms with Gasteiger partial charge >= 0.3 is 0 Å². The number of piperazine rings is 1. The number of hydrogen-bond acceptors (Lipinski definition) is 5. The lowest BCUT2D eigenvalue weighted by molar-refractivity contribution is -0.137. The summed E-state index contributed by atoms with van der Waals surface area (Å²) >= 11 is 0. The van der Waals surface area contributed by atoms with Crippen LogP contribution in [0.4, 0.5) is 5.82 Å². The summed E-state index contributed by atoms with van der Waals surface area (Å²) in [4.78, 5) is 36.1. The van der Waals surface area contributed by atoms with E-state index in [1.807, 2.05) is 18.7 Å². The number of aromatic nitrogens is 2. The quantitative estimate of drug-likeness (QED) is 0.865. The van der Waals surface area contributed by atoms with Crippen molar-refractivity contribution < 1.29 is 9.59 Å². The van der Waals surface area contributed by atoms with E-state index in [9.17, 15) is 9.59 Å². The Kier molecular flexibility index (Phi) is 5.30. The molecule has 0 unspecified atom stereocenters. The summed E-state index contributed by atoms with van der Waals surface area (Å²) in [6.45, 7) is 8.00. The number of nitrogens with one attached hydrogen (secondary N) is 1. The van der Waals surface area contributed by atoms with Crippen molar-refractivity contribution in [1.82, 2.24) is 20.2 Å². The van der Waals surface area contributed by atoms with Gasteiger partial charge in [-0.3, -0.25) is 14.6 Å². The Labute approximate surface area is 130 Å². The molecule has 1 N–H and O–H groups in total. The van der Waals surface area contributed by atoms with Crippen molar-refractivity contribution in [3.8, 4) is 0 Å². The van der Waals surface area contributed by atoms with E-state index in [1.54, 1.807) is 18.6 Å². The van der Waals surface area contributed by atoms with Crippen LogP contribution in [0.3, 0.4) is 0 Å². The number of rotatable bonds is 4. The average molecular weight is 305 g/mol.